The average molecular weight is 641 g/mol. The maximum atomic E-state index is 15.6. The van der Waals surface area contributed by atoms with Crippen molar-refractivity contribution in [1.82, 2.24) is 20.2 Å². The molecule has 2 bridgehead atoms. The third-order valence-corrected chi connectivity index (χ3v) is 11.1. The van der Waals surface area contributed by atoms with Gasteiger partial charge in [0, 0.05) is 17.9 Å². The highest BCUT2D eigenvalue weighted by atomic mass is 19.3. The van der Waals surface area contributed by atoms with Crippen molar-refractivity contribution in [2.24, 2.45) is 35.0 Å². The largest absolute Gasteiger partial charge is 0.497 e. The van der Waals surface area contributed by atoms with Crippen molar-refractivity contribution in [2.75, 3.05) is 13.7 Å². The molecule has 2 amide bonds. The highest BCUT2D eigenvalue weighted by molar-refractivity contribution is 5.89. The van der Waals surface area contributed by atoms with Gasteiger partial charge in [-0.3, -0.25) is 4.79 Å². The summed E-state index contributed by atoms with van der Waals surface area (Å²) >= 11 is 0. The Balaban J connectivity index is 1.28. The number of carbonyl (C=O) groups is 3. The van der Waals surface area contributed by atoms with Crippen molar-refractivity contribution in [3.05, 3.63) is 23.9 Å². The number of halogens is 2. The molecule has 1 N–H and O–H groups in total. The minimum atomic E-state index is -2.99. The average Bonchev–Trinajstić information content (AvgIpc) is 3.79. The Morgan fingerprint density at radius 1 is 1.07 bits per heavy atom. The molecule has 12 heteroatoms. The lowest BCUT2D eigenvalue weighted by Gasteiger charge is -2.35. The van der Waals surface area contributed by atoms with Crippen molar-refractivity contribution in [2.45, 2.75) is 95.9 Å². The van der Waals surface area contributed by atoms with Crippen LogP contribution in [-0.2, 0) is 14.3 Å². The third-order valence-electron chi connectivity index (χ3n) is 11.1. The van der Waals surface area contributed by atoms with Crippen LogP contribution in [0.2, 0.25) is 0 Å². The number of aromatic nitrogens is 2. The molecule has 4 fully saturated rings. The van der Waals surface area contributed by atoms with Crippen LogP contribution in [0.1, 0.15) is 71.4 Å². The number of rotatable bonds is 2. The summed E-state index contributed by atoms with van der Waals surface area (Å²) in [6.07, 6.45) is 2.33. The van der Waals surface area contributed by atoms with Crippen molar-refractivity contribution in [3.63, 3.8) is 0 Å². The molecule has 2 aromatic rings. The minimum absolute atomic E-state index is 0.00251. The van der Waals surface area contributed by atoms with E-state index in [1.807, 2.05) is 20.8 Å². The predicted molar refractivity (Wildman–Crippen MR) is 163 cm³/mol. The zero-order valence-electron chi connectivity index (χ0n) is 26.9. The molecule has 7 rings (SSSR count). The number of amides is 2. The first-order chi connectivity index (χ1) is 21.8. The summed E-state index contributed by atoms with van der Waals surface area (Å²) in [6.45, 7) is 7.32. The molecule has 4 unspecified atom stereocenters. The molecular weight excluding hydrogens is 598 g/mol. The Morgan fingerprint density at radius 2 is 1.85 bits per heavy atom. The zero-order chi connectivity index (χ0) is 32.7. The van der Waals surface area contributed by atoms with Crippen LogP contribution in [0.15, 0.2) is 18.2 Å². The number of alkyl carbamates (subject to hydrolysis) is 1. The van der Waals surface area contributed by atoms with Crippen molar-refractivity contribution in [1.29, 1.82) is 0 Å². The Labute approximate surface area is 266 Å². The minimum Gasteiger partial charge on any atom is -0.497 e. The second-order valence-corrected chi connectivity index (χ2v) is 15.0. The fourth-order valence-corrected chi connectivity index (χ4v) is 8.31. The van der Waals surface area contributed by atoms with E-state index in [0.717, 1.165) is 12.8 Å². The fourth-order valence-electron chi connectivity index (χ4n) is 8.31. The maximum absolute atomic E-state index is 15.6. The van der Waals surface area contributed by atoms with Gasteiger partial charge in [-0.05, 0) is 61.0 Å². The summed E-state index contributed by atoms with van der Waals surface area (Å²) in [5.74, 6) is -4.49. The van der Waals surface area contributed by atoms with E-state index in [4.69, 9.17) is 14.2 Å². The molecule has 3 aliphatic carbocycles. The van der Waals surface area contributed by atoms with E-state index in [9.17, 15) is 14.4 Å². The number of carbonyl (C=O) groups excluding carboxylic acids is 3. The number of hydrogen-bond donors (Lipinski definition) is 1. The number of nitrogens with one attached hydrogen (secondary N) is 1. The van der Waals surface area contributed by atoms with Crippen LogP contribution < -0.4 is 14.8 Å². The molecule has 10 atom stereocenters. The van der Waals surface area contributed by atoms with Crippen LogP contribution in [0.5, 0.6) is 11.6 Å². The SMILES string of the molecule is COc1ccc2nc3c(nc2c1)O[C@H]1CN(C(=O)[C@H](C(C)(C)C)NC(=O)O[C@@H]2CC4CC4[C@H]2CCCC2C3C2(F)F)[C@H](C=O)[C@@H]1C. The summed E-state index contributed by atoms with van der Waals surface area (Å²) in [5.41, 5.74) is 0.265. The van der Waals surface area contributed by atoms with E-state index in [1.54, 1.807) is 25.1 Å². The van der Waals surface area contributed by atoms with Crippen LogP contribution in [0.3, 0.4) is 0 Å². The number of nitrogens with zero attached hydrogens (tertiary/aromatic N) is 3. The van der Waals surface area contributed by atoms with Gasteiger partial charge in [-0.25, -0.2) is 23.5 Å². The van der Waals surface area contributed by atoms with Gasteiger partial charge < -0.3 is 29.2 Å². The lowest BCUT2D eigenvalue weighted by atomic mass is 9.85. The lowest BCUT2D eigenvalue weighted by molar-refractivity contribution is -0.139. The standard InChI is InChI=1S/C34H42F2N4O6/c1-16-24(15-41)40-14-26(16)45-30-28(37-22-10-9-18(44-5)13-23(22)38-30)27-21(34(27,35)36)8-6-7-19-20-11-17(20)12-25(19)46-32(43)39-29(31(40)42)33(2,3)4/h9-10,13,15-17,19-21,24-27,29H,6-8,11-12,14H2,1-5H3,(H,39,43)/t16-,17?,19+,20?,21?,24+,25+,26-,27?,29+/m0/s1. The van der Waals surface area contributed by atoms with Crippen LogP contribution >= 0.6 is 0 Å². The van der Waals surface area contributed by atoms with Crippen LogP contribution in [-0.4, -0.2) is 77.0 Å². The van der Waals surface area contributed by atoms with E-state index in [-0.39, 0.29) is 30.1 Å². The predicted octanol–water partition coefficient (Wildman–Crippen LogP) is 5.13. The van der Waals surface area contributed by atoms with E-state index < -0.39 is 59.3 Å². The van der Waals surface area contributed by atoms with Crippen LogP contribution in [0.4, 0.5) is 13.6 Å². The molecule has 46 heavy (non-hydrogen) atoms. The second kappa shape index (κ2) is 11.0. The van der Waals surface area contributed by atoms with Gasteiger partial charge in [0.15, 0.2) is 0 Å². The number of ether oxygens (including phenoxy) is 3. The normalized spacial score (nSPS) is 36.9. The van der Waals surface area contributed by atoms with Gasteiger partial charge >= 0.3 is 6.09 Å². The quantitative estimate of drug-likeness (QED) is 0.449. The van der Waals surface area contributed by atoms with E-state index >= 15 is 8.78 Å². The van der Waals surface area contributed by atoms with Gasteiger partial charge in [0.25, 0.3) is 5.92 Å². The van der Waals surface area contributed by atoms with Crippen molar-refractivity contribution >= 4 is 29.3 Å². The Morgan fingerprint density at radius 3 is 2.57 bits per heavy atom. The summed E-state index contributed by atoms with van der Waals surface area (Å²) < 4.78 is 48.9. The summed E-state index contributed by atoms with van der Waals surface area (Å²) in [5, 5.41) is 2.82. The maximum Gasteiger partial charge on any atom is 0.408 e. The zero-order valence-corrected chi connectivity index (χ0v) is 26.9. The molecule has 1 aromatic heterocycles. The molecule has 248 valence electrons. The molecule has 1 saturated heterocycles. The van der Waals surface area contributed by atoms with Gasteiger partial charge in [-0.2, -0.15) is 0 Å². The first-order valence-electron chi connectivity index (χ1n) is 16.4. The lowest BCUT2D eigenvalue weighted by Crippen LogP contribution is -2.56. The smallest absolute Gasteiger partial charge is 0.408 e. The highest BCUT2D eigenvalue weighted by Gasteiger charge is 2.70. The van der Waals surface area contributed by atoms with Crippen LogP contribution in [0, 0.1) is 35.0 Å². The summed E-state index contributed by atoms with van der Waals surface area (Å²) in [6, 6.07) is 3.23. The van der Waals surface area contributed by atoms with Gasteiger partial charge in [0.2, 0.25) is 11.8 Å². The highest BCUT2D eigenvalue weighted by Crippen LogP contribution is 2.65. The number of aldehydes is 1. The number of fused-ring (bicyclic) bond motifs is 9. The number of benzene rings is 1. The van der Waals surface area contributed by atoms with Gasteiger partial charge in [0.1, 0.15) is 36.0 Å². The van der Waals surface area contributed by atoms with Crippen molar-refractivity contribution < 1.29 is 37.4 Å². The molecular formula is C34H42F2N4O6. The third kappa shape index (κ3) is 5.25. The van der Waals surface area contributed by atoms with Gasteiger partial charge in [0.05, 0.1) is 36.6 Å². The molecule has 2 aliphatic heterocycles. The van der Waals surface area contributed by atoms with Crippen molar-refractivity contribution in [3.8, 4) is 11.6 Å². The molecule has 10 nitrogen and oxygen atoms in total. The first-order valence-corrected chi connectivity index (χ1v) is 16.4. The first kappa shape index (κ1) is 31.1. The van der Waals surface area contributed by atoms with E-state index in [2.05, 4.69) is 15.3 Å². The molecule has 5 aliphatic rings. The van der Waals surface area contributed by atoms with Crippen LogP contribution in [0.25, 0.3) is 11.0 Å². The molecule has 3 heterocycles. The van der Waals surface area contributed by atoms with Gasteiger partial charge in [-0.1, -0.05) is 34.1 Å². The Bertz CT molecular complexity index is 1560. The second-order valence-electron chi connectivity index (χ2n) is 15.0. The fraction of sp³-hybridized carbons (Fsp3) is 0.676. The molecule has 0 spiro atoms. The van der Waals surface area contributed by atoms with E-state index in [1.165, 1.54) is 12.0 Å². The summed E-state index contributed by atoms with van der Waals surface area (Å²) in [4.78, 5) is 50.6. The molecule has 0 radical (unpaired) electrons. The topological polar surface area (TPSA) is 120 Å². The number of hydrogen-bond acceptors (Lipinski definition) is 8. The summed E-state index contributed by atoms with van der Waals surface area (Å²) in [7, 11) is 1.52. The number of methoxy groups -OCH3 is 1. The monoisotopic (exact) mass is 640 g/mol. The molecule has 1 aromatic carbocycles. The number of alkyl halides is 2. The van der Waals surface area contributed by atoms with Gasteiger partial charge in [-0.15, -0.1) is 0 Å². The van der Waals surface area contributed by atoms with E-state index in [0.29, 0.717) is 54.2 Å². The Kier molecular flexibility index (Phi) is 7.43. The Hall–Kier alpha value is -3.57. The molecule has 3 saturated carbocycles.